The molecule has 1 heterocycles. The normalized spacial score (nSPS) is 16.6. The highest BCUT2D eigenvalue weighted by Crippen LogP contribution is 2.19. The van der Waals surface area contributed by atoms with Gasteiger partial charge in [-0.3, -0.25) is 9.69 Å². The molecule has 1 aliphatic rings. The lowest BCUT2D eigenvalue weighted by molar-refractivity contribution is -0.116. The minimum absolute atomic E-state index is 0.0373. The van der Waals surface area contributed by atoms with E-state index in [1.807, 2.05) is 19.2 Å². The molecule has 1 fully saturated rings. The van der Waals surface area contributed by atoms with Gasteiger partial charge in [0.15, 0.2) is 0 Å². The number of carbonyl (C=O) groups excluding carboxylic acids is 1. The molecule has 5 nitrogen and oxygen atoms in total. The SMILES string of the molecule is CNCCC(=O)Nc1cccc(CN2CCC(CO)CC2)c1. The van der Waals surface area contributed by atoms with Crippen molar-refractivity contribution in [1.82, 2.24) is 10.2 Å². The molecule has 1 saturated heterocycles. The van der Waals surface area contributed by atoms with Crippen LogP contribution < -0.4 is 10.6 Å². The smallest absolute Gasteiger partial charge is 0.225 e. The maximum atomic E-state index is 11.8. The molecule has 1 aliphatic heterocycles. The minimum Gasteiger partial charge on any atom is -0.396 e. The zero-order valence-electron chi connectivity index (χ0n) is 13.3. The van der Waals surface area contributed by atoms with Crippen LogP contribution in [0.2, 0.25) is 0 Å². The van der Waals surface area contributed by atoms with Gasteiger partial charge < -0.3 is 15.7 Å². The summed E-state index contributed by atoms with van der Waals surface area (Å²) in [6.07, 6.45) is 2.61. The van der Waals surface area contributed by atoms with Crippen LogP contribution in [0, 0.1) is 5.92 Å². The quantitative estimate of drug-likeness (QED) is 0.713. The number of anilines is 1. The van der Waals surface area contributed by atoms with Crippen molar-refractivity contribution in [3.05, 3.63) is 29.8 Å². The Morgan fingerprint density at radius 2 is 2.14 bits per heavy atom. The number of benzene rings is 1. The molecule has 0 bridgehead atoms. The number of nitrogens with zero attached hydrogens (tertiary/aromatic N) is 1. The highest BCUT2D eigenvalue weighted by molar-refractivity contribution is 5.90. The van der Waals surface area contributed by atoms with Crippen molar-refractivity contribution in [3.8, 4) is 0 Å². The number of hydrogen-bond acceptors (Lipinski definition) is 4. The van der Waals surface area contributed by atoms with Crippen molar-refractivity contribution in [2.75, 3.05) is 38.6 Å². The van der Waals surface area contributed by atoms with Crippen molar-refractivity contribution in [3.63, 3.8) is 0 Å². The van der Waals surface area contributed by atoms with Crippen LogP contribution in [0.1, 0.15) is 24.8 Å². The van der Waals surface area contributed by atoms with E-state index >= 15 is 0 Å². The van der Waals surface area contributed by atoms with E-state index in [-0.39, 0.29) is 5.91 Å². The number of piperidine rings is 1. The molecule has 0 aromatic heterocycles. The van der Waals surface area contributed by atoms with Gasteiger partial charge in [0.25, 0.3) is 0 Å². The molecule has 0 aliphatic carbocycles. The molecule has 22 heavy (non-hydrogen) atoms. The van der Waals surface area contributed by atoms with Crippen LogP contribution in [0.25, 0.3) is 0 Å². The Bertz CT molecular complexity index is 471. The summed E-state index contributed by atoms with van der Waals surface area (Å²) in [7, 11) is 1.84. The minimum atomic E-state index is 0.0373. The molecular formula is C17H27N3O2. The first-order chi connectivity index (χ1) is 10.7. The monoisotopic (exact) mass is 305 g/mol. The summed E-state index contributed by atoms with van der Waals surface area (Å²) in [5.41, 5.74) is 2.08. The van der Waals surface area contributed by atoms with Gasteiger partial charge in [-0.15, -0.1) is 0 Å². The van der Waals surface area contributed by atoms with Crippen LogP contribution in [-0.4, -0.2) is 49.2 Å². The van der Waals surface area contributed by atoms with Gasteiger partial charge in [-0.2, -0.15) is 0 Å². The van der Waals surface area contributed by atoms with Gasteiger partial charge in [-0.1, -0.05) is 12.1 Å². The highest BCUT2D eigenvalue weighted by Gasteiger charge is 2.18. The zero-order chi connectivity index (χ0) is 15.8. The molecule has 0 spiro atoms. The summed E-state index contributed by atoms with van der Waals surface area (Å²) >= 11 is 0. The zero-order valence-corrected chi connectivity index (χ0v) is 13.3. The summed E-state index contributed by atoms with van der Waals surface area (Å²) in [5, 5.41) is 15.1. The van der Waals surface area contributed by atoms with Crippen LogP contribution >= 0.6 is 0 Å². The molecule has 1 aromatic rings. The number of aliphatic hydroxyl groups excluding tert-OH is 1. The lowest BCUT2D eigenvalue weighted by Crippen LogP contribution is -2.34. The predicted octanol–water partition coefficient (Wildman–Crippen LogP) is 1.44. The summed E-state index contributed by atoms with van der Waals surface area (Å²) in [6.45, 7) is 3.96. The largest absolute Gasteiger partial charge is 0.396 e. The fourth-order valence-corrected chi connectivity index (χ4v) is 2.79. The van der Waals surface area contributed by atoms with Crippen LogP contribution in [0.15, 0.2) is 24.3 Å². The topological polar surface area (TPSA) is 64.6 Å². The lowest BCUT2D eigenvalue weighted by Gasteiger charge is -2.31. The third kappa shape index (κ3) is 5.40. The number of rotatable bonds is 7. The Balaban J connectivity index is 1.85. The van der Waals surface area contributed by atoms with Crippen molar-refractivity contribution >= 4 is 11.6 Å². The van der Waals surface area contributed by atoms with E-state index in [2.05, 4.69) is 27.7 Å². The third-order valence-corrected chi connectivity index (χ3v) is 4.18. The van der Waals surface area contributed by atoms with E-state index in [1.54, 1.807) is 0 Å². The summed E-state index contributed by atoms with van der Waals surface area (Å²) in [4.78, 5) is 14.2. The molecule has 0 unspecified atom stereocenters. The number of carbonyl (C=O) groups is 1. The Labute approximate surface area is 132 Å². The number of hydrogen-bond donors (Lipinski definition) is 3. The molecule has 5 heteroatoms. The van der Waals surface area contributed by atoms with Crippen molar-refractivity contribution in [2.45, 2.75) is 25.8 Å². The fraction of sp³-hybridized carbons (Fsp3) is 0.588. The first-order valence-corrected chi connectivity index (χ1v) is 8.08. The molecule has 122 valence electrons. The van der Waals surface area contributed by atoms with Crippen molar-refractivity contribution in [1.29, 1.82) is 0 Å². The molecule has 1 amide bonds. The van der Waals surface area contributed by atoms with E-state index in [0.717, 1.165) is 38.2 Å². The van der Waals surface area contributed by atoms with E-state index in [4.69, 9.17) is 0 Å². The second-order valence-corrected chi connectivity index (χ2v) is 6.00. The number of likely N-dealkylation sites (tertiary alicyclic amines) is 1. The predicted molar refractivity (Wildman–Crippen MR) is 88.7 cm³/mol. The molecule has 2 rings (SSSR count). The molecular weight excluding hydrogens is 278 g/mol. The van der Waals surface area contributed by atoms with E-state index < -0.39 is 0 Å². The van der Waals surface area contributed by atoms with Crippen LogP contribution in [0.5, 0.6) is 0 Å². The van der Waals surface area contributed by atoms with Crippen LogP contribution in [-0.2, 0) is 11.3 Å². The second-order valence-electron chi connectivity index (χ2n) is 6.00. The Morgan fingerprint density at radius 1 is 1.36 bits per heavy atom. The summed E-state index contributed by atoms with van der Waals surface area (Å²) in [6, 6.07) is 8.07. The maximum absolute atomic E-state index is 11.8. The fourth-order valence-electron chi connectivity index (χ4n) is 2.79. The Morgan fingerprint density at radius 3 is 2.82 bits per heavy atom. The molecule has 3 N–H and O–H groups in total. The van der Waals surface area contributed by atoms with Crippen LogP contribution in [0.3, 0.4) is 0 Å². The van der Waals surface area contributed by atoms with Gasteiger partial charge in [0.1, 0.15) is 0 Å². The average Bonchev–Trinajstić information content (AvgIpc) is 2.54. The average molecular weight is 305 g/mol. The third-order valence-electron chi connectivity index (χ3n) is 4.18. The Hall–Kier alpha value is -1.43. The molecule has 0 saturated carbocycles. The first kappa shape index (κ1) is 16.9. The second kappa shape index (κ2) is 8.88. The van der Waals surface area contributed by atoms with Crippen molar-refractivity contribution in [2.24, 2.45) is 5.92 Å². The van der Waals surface area contributed by atoms with E-state index in [1.165, 1.54) is 5.56 Å². The lowest BCUT2D eigenvalue weighted by atomic mass is 9.97. The highest BCUT2D eigenvalue weighted by atomic mass is 16.3. The summed E-state index contributed by atoms with van der Waals surface area (Å²) < 4.78 is 0. The van der Waals surface area contributed by atoms with Gasteiger partial charge >= 0.3 is 0 Å². The molecule has 0 radical (unpaired) electrons. The van der Waals surface area contributed by atoms with Gasteiger partial charge in [-0.05, 0) is 56.6 Å². The standard InChI is InChI=1S/C17H27N3O2/c1-18-8-5-17(22)19-16-4-2-3-15(11-16)12-20-9-6-14(13-21)7-10-20/h2-4,11,14,18,21H,5-10,12-13H2,1H3,(H,19,22). The van der Waals surface area contributed by atoms with Gasteiger partial charge in [0.05, 0.1) is 0 Å². The molecule has 1 aromatic carbocycles. The van der Waals surface area contributed by atoms with Crippen molar-refractivity contribution < 1.29 is 9.90 Å². The Kier molecular flexibility index (Phi) is 6.83. The first-order valence-electron chi connectivity index (χ1n) is 8.08. The number of amides is 1. The van der Waals surface area contributed by atoms with Gasteiger partial charge in [0, 0.05) is 31.8 Å². The van der Waals surface area contributed by atoms with E-state index in [9.17, 15) is 9.90 Å². The summed E-state index contributed by atoms with van der Waals surface area (Å²) in [5.74, 6) is 0.504. The van der Waals surface area contributed by atoms with Gasteiger partial charge in [-0.25, -0.2) is 0 Å². The maximum Gasteiger partial charge on any atom is 0.225 e. The molecule has 0 atom stereocenters. The number of aliphatic hydroxyl groups is 1. The number of nitrogens with one attached hydrogen (secondary N) is 2. The van der Waals surface area contributed by atoms with Crippen LogP contribution in [0.4, 0.5) is 5.69 Å². The van der Waals surface area contributed by atoms with Gasteiger partial charge in [0.2, 0.25) is 5.91 Å². The van der Waals surface area contributed by atoms with E-state index in [0.29, 0.717) is 25.5 Å².